The lowest BCUT2D eigenvalue weighted by Gasteiger charge is -2.26. The number of halogens is 1. The third-order valence-electron chi connectivity index (χ3n) is 6.96. The van der Waals surface area contributed by atoms with Gasteiger partial charge in [-0.15, -0.1) is 4.52 Å². The molecule has 6 atom stereocenters. The fourth-order valence-electron chi connectivity index (χ4n) is 4.33. The third kappa shape index (κ3) is 7.17. The fraction of sp³-hybridized carbons (Fsp3) is 0.680. The summed E-state index contributed by atoms with van der Waals surface area (Å²) in [5, 5.41) is 30.8. The number of rotatable bonds is 15. The summed E-state index contributed by atoms with van der Waals surface area (Å²) >= 11 is 0. The number of carbonyl (C=O) groups is 2. The van der Waals surface area contributed by atoms with Crippen LogP contribution in [0.25, 0.3) is 5.52 Å². The number of hydrogen-bond acceptors (Lipinski definition) is 10. The van der Waals surface area contributed by atoms with Crippen molar-refractivity contribution in [1.82, 2.24) is 19.7 Å². The highest BCUT2D eigenvalue weighted by molar-refractivity contribution is 7.36. The van der Waals surface area contributed by atoms with Gasteiger partial charge in [0.05, 0.1) is 12.3 Å². The summed E-state index contributed by atoms with van der Waals surface area (Å²) in [6.45, 7) is 5.59. The average Bonchev–Trinajstić information content (AvgIpc) is 3.48. The van der Waals surface area contributed by atoms with Gasteiger partial charge in [-0.1, -0.05) is 38.7 Å². The molecule has 0 radical (unpaired) electrons. The Kier molecular flexibility index (Phi) is 11.4. The van der Waals surface area contributed by atoms with Gasteiger partial charge in [0, 0.05) is 6.42 Å². The largest absolute Gasteiger partial charge is 0.613 e. The standard InChI is InChI=1S/C25H37FN5O8P/c1-5-8-19(32)29-23-18-10-9-17(31(18)28-14-27-23)21-20(33)22(34)25(12-26,39-21)13-38-40(36)30-15(4)24(35)37-11-16(6-2)7-3/h9-10,14-16,20-22,33-34H,5-8,11-13H2,1-4H3,(H-,27,28,29,30,32,36)/p+1/t15-,20-,21-,22-,25+/m0/s1. The summed E-state index contributed by atoms with van der Waals surface area (Å²) in [7, 11) is -2.68. The molecular formula is C25H38FN5O8P+. The molecule has 3 rings (SSSR count). The van der Waals surface area contributed by atoms with Gasteiger partial charge in [0.2, 0.25) is 5.91 Å². The molecule has 1 aliphatic heterocycles. The Morgan fingerprint density at radius 1 is 1.27 bits per heavy atom. The number of aromatic nitrogens is 3. The van der Waals surface area contributed by atoms with Crippen molar-refractivity contribution in [2.24, 2.45) is 5.92 Å². The van der Waals surface area contributed by atoms with Crippen LogP contribution in [0.1, 0.15) is 65.2 Å². The Morgan fingerprint density at radius 2 is 2.00 bits per heavy atom. The maximum Gasteiger partial charge on any atom is 0.613 e. The molecule has 4 N–H and O–H groups in total. The van der Waals surface area contributed by atoms with Crippen molar-refractivity contribution < 1.29 is 42.8 Å². The number of esters is 1. The minimum Gasteiger partial charge on any atom is -0.464 e. The molecule has 0 spiro atoms. The minimum atomic E-state index is -2.68. The zero-order valence-corrected chi connectivity index (χ0v) is 24.0. The number of nitrogens with one attached hydrogen (secondary N) is 2. The number of alkyl halides is 1. The molecule has 13 nitrogen and oxygen atoms in total. The Hall–Kier alpha value is -2.61. The highest BCUT2D eigenvalue weighted by Crippen LogP contribution is 2.42. The molecule has 40 heavy (non-hydrogen) atoms. The fourth-order valence-corrected chi connectivity index (χ4v) is 5.16. The summed E-state index contributed by atoms with van der Waals surface area (Å²) in [5.41, 5.74) is -1.38. The molecule has 1 amide bonds. The van der Waals surface area contributed by atoms with E-state index in [0.717, 1.165) is 12.8 Å². The van der Waals surface area contributed by atoms with Gasteiger partial charge in [0.1, 0.15) is 49.5 Å². The molecule has 1 unspecified atom stereocenters. The van der Waals surface area contributed by atoms with Crippen molar-refractivity contribution >= 4 is 31.4 Å². The third-order valence-corrected chi connectivity index (χ3v) is 7.92. The molecular weight excluding hydrogens is 548 g/mol. The van der Waals surface area contributed by atoms with Gasteiger partial charge in [-0.25, -0.2) is 13.9 Å². The highest BCUT2D eigenvalue weighted by atomic mass is 31.1. The number of aliphatic hydroxyl groups excluding tert-OH is 2. The number of ether oxygens (including phenoxy) is 2. The highest BCUT2D eigenvalue weighted by Gasteiger charge is 2.57. The first kappa shape index (κ1) is 31.9. The Labute approximate surface area is 232 Å². The first-order valence-corrected chi connectivity index (χ1v) is 14.5. The summed E-state index contributed by atoms with van der Waals surface area (Å²) in [5.74, 6) is -0.382. The van der Waals surface area contributed by atoms with Crippen molar-refractivity contribution in [2.75, 3.05) is 25.2 Å². The van der Waals surface area contributed by atoms with Gasteiger partial charge in [-0.2, -0.15) is 5.10 Å². The quantitative estimate of drug-likeness (QED) is 0.178. The van der Waals surface area contributed by atoms with Crippen LogP contribution in [0, 0.1) is 5.92 Å². The van der Waals surface area contributed by atoms with E-state index in [1.165, 1.54) is 17.8 Å². The Balaban J connectivity index is 1.67. The molecule has 222 valence electrons. The first-order valence-electron chi connectivity index (χ1n) is 13.4. The van der Waals surface area contributed by atoms with Gasteiger partial charge in [0.15, 0.2) is 11.4 Å². The van der Waals surface area contributed by atoms with Crippen LogP contribution in [0.3, 0.4) is 0 Å². The number of anilines is 1. The summed E-state index contributed by atoms with van der Waals surface area (Å²) in [6, 6.07) is 2.17. The molecule has 0 bridgehead atoms. The lowest BCUT2D eigenvalue weighted by Crippen LogP contribution is -2.48. The zero-order chi connectivity index (χ0) is 29.4. The van der Waals surface area contributed by atoms with Crippen molar-refractivity contribution in [1.29, 1.82) is 0 Å². The van der Waals surface area contributed by atoms with Crippen molar-refractivity contribution in [2.45, 2.75) is 83.3 Å². The van der Waals surface area contributed by atoms with Crippen LogP contribution in [0.2, 0.25) is 0 Å². The topological polar surface area (TPSA) is 174 Å². The molecule has 1 saturated heterocycles. The molecule has 1 fully saturated rings. The number of hydrogen-bond donors (Lipinski definition) is 4. The maximum absolute atomic E-state index is 14.3. The molecule has 0 saturated carbocycles. The van der Waals surface area contributed by atoms with E-state index in [1.54, 1.807) is 12.1 Å². The number of fused-ring (bicyclic) bond motifs is 1. The molecule has 0 aromatic carbocycles. The molecule has 2 aromatic rings. The van der Waals surface area contributed by atoms with Crippen molar-refractivity contribution in [3.63, 3.8) is 0 Å². The van der Waals surface area contributed by atoms with Gasteiger partial charge in [-0.3, -0.25) is 9.59 Å². The lowest BCUT2D eigenvalue weighted by atomic mass is 9.96. The van der Waals surface area contributed by atoms with E-state index < -0.39 is 57.4 Å². The summed E-state index contributed by atoms with van der Waals surface area (Å²) < 4.78 is 44.5. The van der Waals surface area contributed by atoms with Crippen LogP contribution in [0.15, 0.2) is 18.5 Å². The maximum atomic E-state index is 14.3. The van der Waals surface area contributed by atoms with Gasteiger partial charge < -0.3 is 25.0 Å². The van der Waals surface area contributed by atoms with Crippen LogP contribution in [-0.2, 0) is 28.2 Å². The number of nitrogens with zero attached hydrogens (tertiary/aromatic N) is 3. The van der Waals surface area contributed by atoms with Crippen molar-refractivity contribution in [3.05, 3.63) is 24.2 Å². The minimum absolute atomic E-state index is 0.224. The molecule has 1 aliphatic rings. The second-order valence-corrected chi connectivity index (χ2v) is 10.9. The van der Waals surface area contributed by atoms with Crippen LogP contribution in [-0.4, -0.2) is 80.4 Å². The zero-order valence-electron chi connectivity index (χ0n) is 23.1. The monoisotopic (exact) mass is 586 g/mol. The molecule has 15 heteroatoms. The second-order valence-electron chi connectivity index (χ2n) is 9.83. The van der Waals surface area contributed by atoms with E-state index in [4.69, 9.17) is 14.0 Å². The van der Waals surface area contributed by atoms with E-state index in [9.17, 15) is 28.8 Å². The summed E-state index contributed by atoms with van der Waals surface area (Å²) in [4.78, 5) is 28.4. The van der Waals surface area contributed by atoms with E-state index in [0.29, 0.717) is 18.4 Å². The average molecular weight is 587 g/mol. The number of carbonyl (C=O) groups excluding carboxylic acids is 2. The first-order chi connectivity index (χ1) is 19.1. The number of amides is 1. The second kappa shape index (κ2) is 14.3. The Bertz CT molecular complexity index is 1180. The van der Waals surface area contributed by atoms with Gasteiger partial charge in [0.25, 0.3) is 0 Å². The molecule has 0 aliphatic carbocycles. The van der Waals surface area contributed by atoms with E-state index in [-0.39, 0.29) is 29.9 Å². The predicted octanol–water partition coefficient (Wildman–Crippen LogP) is 2.60. The van der Waals surface area contributed by atoms with Crippen LogP contribution in [0.4, 0.5) is 10.2 Å². The van der Waals surface area contributed by atoms with E-state index >= 15 is 0 Å². The van der Waals surface area contributed by atoms with Gasteiger partial charge in [-0.05, 0) is 36.0 Å². The predicted molar refractivity (Wildman–Crippen MR) is 142 cm³/mol. The summed E-state index contributed by atoms with van der Waals surface area (Å²) in [6.07, 6.45) is -0.716. The van der Waals surface area contributed by atoms with Crippen LogP contribution >= 0.6 is 8.18 Å². The SMILES string of the molecule is CCCC(=O)Nc1ncnn2c([C@@H]3O[C@](CF)(CO[P+](=O)N[C@@H](C)C(=O)OCC(CC)CC)[C@@H](O)[C@H]3O)ccc12. The smallest absolute Gasteiger partial charge is 0.464 e. The lowest BCUT2D eigenvalue weighted by molar-refractivity contribution is -0.146. The molecule has 3 heterocycles. The van der Waals surface area contributed by atoms with Crippen LogP contribution < -0.4 is 10.4 Å². The Morgan fingerprint density at radius 3 is 2.65 bits per heavy atom. The number of aliphatic hydroxyl groups is 2. The van der Waals surface area contributed by atoms with E-state index in [1.807, 2.05) is 20.8 Å². The van der Waals surface area contributed by atoms with Gasteiger partial charge >= 0.3 is 14.1 Å². The normalized spacial score (nSPS) is 23.9. The van der Waals surface area contributed by atoms with Crippen LogP contribution in [0.5, 0.6) is 0 Å². The molecule has 2 aromatic heterocycles. The van der Waals surface area contributed by atoms with E-state index in [2.05, 4.69) is 20.5 Å². The van der Waals surface area contributed by atoms with Crippen molar-refractivity contribution in [3.8, 4) is 0 Å².